The van der Waals surface area contributed by atoms with E-state index in [4.69, 9.17) is 9.47 Å². The summed E-state index contributed by atoms with van der Waals surface area (Å²) in [7, 11) is 0. The average molecular weight is 419 g/mol. The molecule has 0 amide bonds. The van der Waals surface area contributed by atoms with Crippen molar-refractivity contribution in [3.8, 4) is 17.3 Å². The van der Waals surface area contributed by atoms with E-state index in [1.54, 1.807) is 24.7 Å². The van der Waals surface area contributed by atoms with Gasteiger partial charge in [-0.2, -0.15) is 10.1 Å². The average Bonchev–Trinajstić information content (AvgIpc) is 2.80. The highest BCUT2D eigenvalue weighted by atomic mass is 16.5. The number of anilines is 1. The molecule has 1 aromatic carbocycles. The van der Waals surface area contributed by atoms with Gasteiger partial charge < -0.3 is 9.47 Å². The summed E-state index contributed by atoms with van der Waals surface area (Å²) < 4.78 is 11.3. The van der Waals surface area contributed by atoms with Crippen LogP contribution in [0, 0.1) is 6.92 Å². The fourth-order valence-electron chi connectivity index (χ4n) is 3.21. The molecular weight excluding hydrogens is 392 g/mol. The molecule has 0 bridgehead atoms. The van der Waals surface area contributed by atoms with Crippen molar-refractivity contribution in [1.29, 1.82) is 0 Å². The molecule has 1 saturated heterocycles. The summed E-state index contributed by atoms with van der Waals surface area (Å²) in [4.78, 5) is 15.5. The van der Waals surface area contributed by atoms with Gasteiger partial charge in [-0.1, -0.05) is 29.8 Å². The highest BCUT2D eigenvalue weighted by molar-refractivity contribution is 5.80. The van der Waals surface area contributed by atoms with E-state index in [0.29, 0.717) is 24.1 Å². The van der Waals surface area contributed by atoms with Crippen LogP contribution in [0.2, 0.25) is 0 Å². The lowest BCUT2D eigenvalue weighted by Gasteiger charge is -2.26. The maximum atomic E-state index is 5.95. The molecule has 160 valence electrons. The van der Waals surface area contributed by atoms with Gasteiger partial charge in [-0.25, -0.2) is 4.98 Å². The van der Waals surface area contributed by atoms with Crippen LogP contribution in [0.5, 0.6) is 5.88 Å². The van der Waals surface area contributed by atoms with Crippen LogP contribution >= 0.6 is 0 Å². The summed E-state index contributed by atoms with van der Waals surface area (Å²) in [6, 6.07) is 13.6. The molecule has 3 heterocycles. The second-order valence-corrected chi connectivity index (χ2v) is 7.24. The van der Waals surface area contributed by atoms with Gasteiger partial charge in [0.25, 0.3) is 0 Å². The second-order valence-electron chi connectivity index (χ2n) is 7.24. The molecule has 1 N–H and O–H groups in total. The van der Waals surface area contributed by atoms with Crippen LogP contribution in [-0.2, 0) is 4.74 Å². The van der Waals surface area contributed by atoms with Gasteiger partial charge in [-0.05, 0) is 24.6 Å². The van der Waals surface area contributed by atoms with E-state index in [2.05, 4.69) is 49.4 Å². The lowest BCUT2D eigenvalue weighted by molar-refractivity contribution is 0.0320. The summed E-state index contributed by atoms with van der Waals surface area (Å²) in [6.45, 7) is 6.81. The lowest BCUT2D eigenvalue weighted by atomic mass is 10.2. The number of nitrogens with zero attached hydrogens (tertiary/aromatic N) is 5. The molecule has 0 atom stereocenters. The first-order valence-electron chi connectivity index (χ1n) is 10.3. The Hall–Kier alpha value is -3.36. The van der Waals surface area contributed by atoms with Crippen molar-refractivity contribution in [2.75, 3.05) is 44.9 Å². The summed E-state index contributed by atoms with van der Waals surface area (Å²) in [5.41, 5.74) is 6.05. The van der Waals surface area contributed by atoms with Crippen molar-refractivity contribution < 1.29 is 9.47 Å². The Kier molecular flexibility index (Phi) is 7.15. The maximum Gasteiger partial charge on any atom is 0.219 e. The highest BCUT2D eigenvalue weighted by Gasteiger charge is 2.11. The molecule has 1 fully saturated rings. The molecular formula is C23H26N6O2. The van der Waals surface area contributed by atoms with Crippen LogP contribution in [0.1, 0.15) is 11.1 Å². The third-order valence-corrected chi connectivity index (χ3v) is 4.84. The van der Waals surface area contributed by atoms with Crippen LogP contribution in [0.4, 0.5) is 5.82 Å². The summed E-state index contributed by atoms with van der Waals surface area (Å²) in [6.07, 6.45) is 5.20. The minimum atomic E-state index is 0.503. The molecule has 2 aromatic heterocycles. The largest absolute Gasteiger partial charge is 0.476 e. The number of benzene rings is 1. The molecule has 8 heteroatoms. The van der Waals surface area contributed by atoms with Crippen molar-refractivity contribution in [2.45, 2.75) is 6.92 Å². The predicted octanol–water partition coefficient (Wildman–Crippen LogP) is 3.00. The SMILES string of the molecule is Cc1cccc(/C=N/Nc2cc(OCCN3CCOCC3)nc(-c3ccncc3)n2)c1. The second kappa shape index (κ2) is 10.6. The molecule has 0 radical (unpaired) electrons. The predicted molar refractivity (Wildman–Crippen MR) is 120 cm³/mol. The van der Waals surface area contributed by atoms with Crippen molar-refractivity contribution in [3.63, 3.8) is 0 Å². The van der Waals surface area contributed by atoms with E-state index >= 15 is 0 Å². The number of pyridine rings is 1. The molecule has 0 spiro atoms. The number of hydrogen-bond acceptors (Lipinski definition) is 8. The number of hydrogen-bond donors (Lipinski definition) is 1. The number of nitrogens with one attached hydrogen (secondary N) is 1. The normalized spacial score (nSPS) is 14.6. The molecule has 1 aliphatic heterocycles. The van der Waals surface area contributed by atoms with E-state index in [1.807, 2.05) is 24.3 Å². The Morgan fingerprint density at radius 2 is 1.97 bits per heavy atom. The molecule has 1 aliphatic rings. The van der Waals surface area contributed by atoms with E-state index in [1.165, 1.54) is 5.56 Å². The lowest BCUT2D eigenvalue weighted by Crippen LogP contribution is -2.38. The topological polar surface area (TPSA) is 84.8 Å². The van der Waals surface area contributed by atoms with Gasteiger partial charge in [-0.3, -0.25) is 15.3 Å². The van der Waals surface area contributed by atoms with E-state index in [-0.39, 0.29) is 0 Å². The van der Waals surface area contributed by atoms with Crippen LogP contribution in [0.15, 0.2) is 60.0 Å². The number of aryl methyl sites for hydroxylation is 1. The van der Waals surface area contributed by atoms with Crippen molar-refractivity contribution >= 4 is 12.0 Å². The Balaban J connectivity index is 1.47. The first-order valence-corrected chi connectivity index (χ1v) is 10.3. The number of rotatable bonds is 8. The fraction of sp³-hybridized carbons (Fsp3) is 0.304. The zero-order valence-corrected chi connectivity index (χ0v) is 17.6. The number of ether oxygens (including phenoxy) is 2. The van der Waals surface area contributed by atoms with Gasteiger partial charge in [0.2, 0.25) is 5.88 Å². The quantitative estimate of drug-likeness (QED) is 0.445. The minimum Gasteiger partial charge on any atom is -0.476 e. The monoisotopic (exact) mass is 418 g/mol. The molecule has 3 aromatic rings. The third kappa shape index (κ3) is 6.31. The third-order valence-electron chi connectivity index (χ3n) is 4.84. The Bertz CT molecular complexity index is 1010. The van der Waals surface area contributed by atoms with Crippen LogP contribution < -0.4 is 10.2 Å². The molecule has 8 nitrogen and oxygen atoms in total. The zero-order valence-electron chi connectivity index (χ0n) is 17.6. The van der Waals surface area contributed by atoms with Crippen LogP contribution in [0.25, 0.3) is 11.4 Å². The van der Waals surface area contributed by atoms with Gasteiger partial charge in [0.15, 0.2) is 11.6 Å². The minimum absolute atomic E-state index is 0.503. The van der Waals surface area contributed by atoms with E-state index in [9.17, 15) is 0 Å². The Morgan fingerprint density at radius 3 is 2.77 bits per heavy atom. The van der Waals surface area contributed by atoms with Gasteiger partial charge in [0.1, 0.15) is 6.61 Å². The smallest absolute Gasteiger partial charge is 0.219 e. The van der Waals surface area contributed by atoms with Crippen molar-refractivity contribution in [1.82, 2.24) is 19.9 Å². The van der Waals surface area contributed by atoms with Crippen LogP contribution in [-0.4, -0.2) is 65.5 Å². The molecule has 0 unspecified atom stereocenters. The molecule has 0 aliphatic carbocycles. The first-order chi connectivity index (χ1) is 15.3. The maximum absolute atomic E-state index is 5.95. The Labute approximate surface area is 182 Å². The van der Waals surface area contributed by atoms with Gasteiger partial charge in [0, 0.05) is 43.7 Å². The van der Waals surface area contributed by atoms with Gasteiger partial charge in [-0.15, -0.1) is 0 Å². The number of hydrazone groups is 1. The van der Waals surface area contributed by atoms with Gasteiger partial charge in [0.05, 0.1) is 19.4 Å². The first kappa shape index (κ1) is 20.9. The van der Waals surface area contributed by atoms with Crippen molar-refractivity contribution in [3.05, 3.63) is 66.0 Å². The van der Waals surface area contributed by atoms with Gasteiger partial charge >= 0.3 is 0 Å². The summed E-state index contributed by atoms with van der Waals surface area (Å²) in [5.74, 6) is 1.62. The summed E-state index contributed by atoms with van der Waals surface area (Å²) >= 11 is 0. The molecule has 0 saturated carbocycles. The molecule has 4 rings (SSSR count). The highest BCUT2D eigenvalue weighted by Crippen LogP contribution is 2.21. The van der Waals surface area contributed by atoms with Crippen LogP contribution in [0.3, 0.4) is 0 Å². The summed E-state index contributed by atoms with van der Waals surface area (Å²) in [5, 5.41) is 4.33. The standard InChI is InChI=1S/C23H26N6O2/c1-18-3-2-4-19(15-18)17-25-28-21-16-22(31-14-11-29-9-12-30-13-10-29)27-23(26-21)20-5-7-24-8-6-20/h2-8,15-17H,9-14H2,1H3,(H,26,27,28)/b25-17+. The molecule has 31 heavy (non-hydrogen) atoms. The number of aromatic nitrogens is 3. The Morgan fingerprint density at radius 1 is 1.13 bits per heavy atom. The van der Waals surface area contributed by atoms with E-state index in [0.717, 1.165) is 44.0 Å². The fourth-order valence-corrected chi connectivity index (χ4v) is 3.21. The van der Waals surface area contributed by atoms with Crippen molar-refractivity contribution in [2.24, 2.45) is 5.10 Å². The zero-order chi connectivity index (χ0) is 21.3. The van der Waals surface area contributed by atoms with E-state index < -0.39 is 0 Å². The number of morpholine rings is 1.